The van der Waals surface area contributed by atoms with Gasteiger partial charge in [-0.15, -0.1) is 0 Å². The second-order valence-corrected chi connectivity index (χ2v) is 31.0. The quantitative estimate of drug-likeness (QED) is 0.0308. The summed E-state index contributed by atoms with van der Waals surface area (Å²) in [5.41, 5.74) is 10.9. The SMILES string of the molecule is C.C.C.C1CCOC1.CC(C)CCC[C@@H](C)[C@H]1CCC2C3CC=C4C[C@@H](OCCN)CC[C@]4(C)C3CC[C@@]21C.CCOC(=O)CBr.CCOC(=O)CN(CCO[C@H]1CC[C@@]2(C)C(=CCC3C2CC[C@@]2(C)C3CC[C@@H]2[C@H](C)CCCC(C)C)C1)CC(=O)OCC.[H-].[Na+]. The first-order valence-electron chi connectivity index (χ1n) is 35.8. The van der Waals surface area contributed by atoms with Crippen molar-refractivity contribution in [3.63, 3.8) is 0 Å². The third-order valence-corrected chi connectivity index (χ3v) is 24.8. The van der Waals surface area contributed by atoms with Crippen LogP contribution in [0.3, 0.4) is 0 Å². The summed E-state index contributed by atoms with van der Waals surface area (Å²) >= 11 is 2.94. The number of rotatable bonds is 25. The minimum atomic E-state index is -0.320. The Hall–Kier alpha value is -0.830. The number of hydrogen-bond acceptors (Lipinski definition) is 11. The van der Waals surface area contributed by atoms with Gasteiger partial charge in [0.1, 0.15) is 5.33 Å². The van der Waals surface area contributed by atoms with E-state index in [1.807, 2.05) is 0 Å². The van der Waals surface area contributed by atoms with E-state index >= 15 is 0 Å². The Balaban J connectivity index is 0.000000753. The fourth-order valence-electron chi connectivity index (χ4n) is 19.9. The average molecular weight is 1340 g/mol. The third kappa shape index (κ3) is 22.6. The summed E-state index contributed by atoms with van der Waals surface area (Å²) in [5.74, 6) is 9.81. The van der Waals surface area contributed by atoms with Crippen molar-refractivity contribution in [2.75, 3.05) is 77.8 Å². The maximum Gasteiger partial charge on any atom is 1.00 e. The van der Waals surface area contributed by atoms with E-state index in [-0.39, 0.29) is 90.4 Å². The first-order chi connectivity index (χ1) is 41.1. The molecule has 16 atom stereocenters. The number of esters is 3. The van der Waals surface area contributed by atoms with Crippen LogP contribution in [0, 0.1) is 92.7 Å². The summed E-state index contributed by atoms with van der Waals surface area (Å²) in [5, 5.41) is 0.292. The molecule has 0 aromatic carbocycles. The van der Waals surface area contributed by atoms with Crippen LogP contribution in [0.15, 0.2) is 23.3 Å². The van der Waals surface area contributed by atoms with Gasteiger partial charge < -0.3 is 35.6 Å². The van der Waals surface area contributed by atoms with E-state index < -0.39 is 0 Å². The van der Waals surface area contributed by atoms with Crippen LogP contribution < -0.4 is 35.3 Å². The maximum atomic E-state index is 12.1. The van der Waals surface area contributed by atoms with Gasteiger partial charge in [0.05, 0.1) is 58.3 Å². The Labute approximate surface area is 586 Å². The van der Waals surface area contributed by atoms with Crippen LogP contribution in [0.4, 0.5) is 0 Å². The summed E-state index contributed by atoms with van der Waals surface area (Å²) in [4.78, 5) is 36.1. The van der Waals surface area contributed by atoms with Crippen LogP contribution in [-0.4, -0.2) is 113 Å². The van der Waals surface area contributed by atoms with Gasteiger partial charge in [0.15, 0.2) is 0 Å². The number of allylic oxidation sites excluding steroid dienone is 2. The average Bonchev–Trinajstić information content (AvgIpc) is 1.72. The van der Waals surface area contributed by atoms with Crippen LogP contribution in [0.2, 0.25) is 0 Å². The smallest absolute Gasteiger partial charge is 1.00 e. The molecule has 1 saturated heterocycles. The van der Waals surface area contributed by atoms with E-state index in [2.05, 4.69) is 102 Å². The van der Waals surface area contributed by atoms with E-state index in [9.17, 15) is 14.4 Å². The first-order valence-corrected chi connectivity index (χ1v) is 36.9. The molecule has 90 heavy (non-hydrogen) atoms. The summed E-state index contributed by atoms with van der Waals surface area (Å²) in [7, 11) is 0. The maximum absolute atomic E-state index is 12.1. The third-order valence-electron chi connectivity index (χ3n) is 24.3. The predicted octanol–water partition coefficient (Wildman–Crippen LogP) is 16.0. The monoisotopic (exact) mass is 1340 g/mol. The normalized spacial score (nSPS) is 33.2. The second-order valence-electron chi connectivity index (χ2n) is 30.4. The van der Waals surface area contributed by atoms with Gasteiger partial charge in [-0.25, -0.2) is 0 Å². The van der Waals surface area contributed by atoms with E-state index in [4.69, 9.17) is 29.4 Å². The molecule has 522 valence electrons. The largest absolute Gasteiger partial charge is 1.00 e. The molecule has 11 nitrogen and oxygen atoms in total. The second kappa shape index (κ2) is 41.4. The summed E-state index contributed by atoms with van der Waals surface area (Å²) in [6, 6.07) is 0. The van der Waals surface area contributed by atoms with Gasteiger partial charge in [-0.2, -0.15) is 0 Å². The number of alkyl halides is 1. The van der Waals surface area contributed by atoms with Gasteiger partial charge in [-0.1, -0.05) is 169 Å². The van der Waals surface area contributed by atoms with E-state index in [0.29, 0.717) is 72.6 Å². The molecule has 0 spiro atoms. The number of halogens is 1. The molecule has 8 aliphatic carbocycles. The van der Waals surface area contributed by atoms with Crippen LogP contribution in [0.25, 0.3) is 0 Å². The molecular weight excluding hydrogens is 1200 g/mol. The van der Waals surface area contributed by atoms with Crippen molar-refractivity contribution in [1.82, 2.24) is 4.90 Å². The molecule has 7 fully saturated rings. The van der Waals surface area contributed by atoms with Crippen LogP contribution in [0.5, 0.6) is 0 Å². The molecular formula is C77H142BrN2NaO9. The molecule has 9 rings (SSSR count). The van der Waals surface area contributed by atoms with E-state index in [1.54, 1.807) is 36.8 Å². The Morgan fingerprint density at radius 3 is 1.36 bits per heavy atom. The number of hydrogen-bond donors (Lipinski definition) is 1. The van der Waals surface area contributed by atoms with Gasteiger partial charge in [0.2, 0.25) is 0 Å². The minimum Gasteiger partial charge on any atom is -1.00 e. The fraction of sp³-hybridized carbons (Fsp3) is 0.909. The van der Waals surface area contributed by atoms with E-state index in [1.165, 1.54) is 135 Å². The Morgan fingerprint density at radius 2 is 1.00 bits per heavy atom. The Bertz CT molecular complexity index is 2100. The molecule has 0 aromatic rings. The van der Waals surface area contributed by atoms with Crippen LogP contribution in [0.1, 0.15) is 268 Å². The van der Waals surface area contributed by atoms with Gasteiger partial charge in [-0.3, -0.25) is 19.3 Å². The molecule has 0 aromatic heterocycles. The summed E-state index contributed by atoms with van der Waals surface area (Å²) in [6.45, 7) is 36.2. The van der Waals surface area contributed by atoms with Crippen molar-refractivity contribution in [3.05, 3.63) is 23.3 Å². The van der Waals surface area contributed by atoms with Crippen molar-refractivity contribution >= 4 is 33.8 Å². The zero-order chi connectivity index (χ0) is 62.7. The number of fused-ring (bicyclic) bond motifs is 10. The number of carbonyl (C=O) groups is 3. The van der Waals surface area contributed by atoms with Crippen molar-refractivity contribution in [3.8, 4) is 0 Å². The molecule has 0 amide bonds. The molecule has 9 aliphatic rings. The van der Waals surface area contributed by atoms with Gasteiger partial charge in [0, 0.05) is 26.3 Å². The van der Waals surface area contributed by atoms with E-state index in [0.717, 1.165) is 110 Å². The fourth-order valence-corrected chi connectivity index (χ4v) is 20.0. The Morgan fingerprint density at radius 1 is 0.589 bits per heavy atom. The zero-order valence-electron chi connectivity index (χ0n) is 59.3. The molecule has 1 heterocycles. The number of nitrogens with two attached hydrogens (primary N) is 1. The van der Waals surface area contributed by atoms with Crippen molar-refractivity contribution in [1.29, 1.82) is 0 Å². The number of carbonyl (C=O) groups excluding carboxylic acids is 3. The van der Waals surface area contributed by atoms with Crippen molar-refractivity contribution in [2.24, 2.45) is 98.4 Å². The number of nitrogens with zero attached hydrogens (tertiary/aromatic N) is 1. The molecule has 13 heteroatoms. The van der Waals surface area contributed by atoms with Gasteiger partial charge in [0.25, 0.3) is 0 Å². The van der Waals surface area contributed by atoms with Crippen molar-refractivity contribution < 1.29 is 73.8 Å². The minimum absolute atomic E-state index is 0. The topological polar surface area (TPSA) is 136 Å². The van der Waals surface area contributed by atoms with Crippen LogP contribution >= 0.6 is 15.9 Å². The van der Waals surface area contributed by atoms with Gasteiger partial charge in [-0.05, 0) is 229 Å². The molecule has 6 saturated carbocycles. The summed E-state index contributed by atoms with van der Waals surface area (Å²) < 4.78 is 32.2. The predicted molar refractivity (Wildman–Crippen MR) is 376 cm³/mol. The molecule has 1 aliphatic heterocycles. The molecule has 2 N–H and O–H groups in total. The molecule has 0 radical (unpaired) electrons. The van der Waals surface area contributed by atoms with Crippen LogP contribution in [-0.2, 0) is 42.8 Å². The first kappa shape index (κ1) is 85.3. The van der Waals surface area contributed by atoms with Gasteiger partial charge >= 0.3 is 47.5 Å². The zero-order valence-corrected chi connectivity index (χ0v) is 61.9. The molecule has 6 unspecified atom stereocenters. The Kier molecular flexibility index (Phi) is 39.2. The van der Waals surface area contributed by atoms with Crippen molar-refractivity contribution in [2.45, 2.75) is 279 Å². The molecule has 0 bridgehead atoms. The number of ether oxygens (including phenoxy) is 6. The summed E-state index contributed by atoms with van der Waals surface area (Å²) in [6.07, 6.45) is 38.2. The standard InChI is InChI=1S/C37H63NO5.C29H51NO.C4H7BrO2.C4H8O.3CH4.Na.H/c1-8-41-34(39)24-38(25-35(40)42-9-2)21-22-43-29-17-19-36(6)28(23-29)13-14-30-32-16-15-31(27(5)12-10-11-26(3)4)37(32,7)20-18-33(30)36;1-20(2)7-6-8-21(3)25-11-12-26-24-10-9-22-19-23(31-18-17-30)13-15-28(22,4)27(24)14-16-29(25,26)5;1-2-7-4(6)3-5;1-2-4-5-3-1;;;;;/h13,26-27,29-33H,8-12,14-25H2,1-7H3;9,20-21,23-27H,6-8,10-19,30H2,1-5H3;2-3H2,1H3;1-4H2;3*1H4;;/q;;;;;;;+1;-1/t27-,29+,30?,31-,32?,33?,36+,37-;21-,23+,24?,25-,26?,27?,28+,29-;;;;;;;/m11......./s1.